The van der Waals surface area contributed by atoms with Gasteiger partial charge in [0.2, 0.25) is 0 Å². The Kier molecular flexibility index (Phi) is 8.79. The quantitative estimate of drug-likeness (QED) is 0.481. The average Bonchev–Trinajstić information content (AvgIpc) is 2.77. The smallest absolute Gasteiger partial charge is 0.394 e. The summed E-state index contributed by atoms with van der Waals surface area (Å²) in [5.41, 5.74) is 0.820. The van der Waals surface area contributed by atoms with Crippen molar-refractivity contribution in [2.75, 3.05) is 13.7 Å². The van der Waals surface area contributed by atoms with Gasteiger partial charge < -0.3 is 20.2 Å². The molecule has 2 heterocycles. The number of piperidine rings is 1. The number of hydrogen-bond acceptors (Lipinski definition) is 6. The second-order valence-electron chi connectivity index (χ2n) is 6.67. The number of esters is 1. The van der Waals surface area contributed by atoms with E-state index in [1.165, 1.54) is 12.8 Å². The van der Waals surface area contributed by atoms with E-state index >= 15 is 0 Å². The summed E-state index contributed by atoms with van der Waals surface area (Å²) >= 11 is 0. The van der Waals surface area contributed by atoms with Crippen molar-refractivity contribution < 1.29 is 37.6 Å². The first kappa shape index (κ1) is 23.5. The molecule has 2 fully saturated rings. The van der Waals surface area contributed by atoms with E-state index in [4.69, 9.17) is 22.3 Å². The zero-order chi connectivity index (χ0) is 19.3. The van der Waals surface area contributed by atoms with E-state index in [9.17, 15) is 9.90 Å². The Morgan fingerprint density at radius 2 is 1.67 bits per heavy atom. The summed E-state index contributed by atoms with van der Waals surface area (Å²) in [5.74, 6) is -0.860. The molecule has 0 aromatic heterocycles. The summed E-state index contributed by atoms with van der Waals surface area (Å²) in [6.07, 6.45) is 4.26. The number of aliphatic hydroxyl groups is 1. The zero-order valence-corrected chi connectivity index (χ0v) is 15.9. The Labute approximate surface area is 158 Å². The van der Waals surface area contributed by atoms with Crippen molar-refractivity contribution in [3.8, 4) is 0 Å². The number of fused-ring (bicyclic) bond motifs is 2. The molecule has 0 radical (unpaired) electrons. The lowest BCUT2D eigenvalue weighted by Crippen LogP contribution is -2.43. The number of benzene rings is 1. The summed E-state index contributed by atoms with van der Waals surface area (Å²) in [7, 11) is -2.50. The van der Waals surface area contributed by atoms with Crippen molar-refractivity contribution in [2.24, 2.45) is 0 Å². The predicted molar refractivity (Wildman–Crippen MR) is 97.7 cm³/mol. The first-order chi connectivity index (χ1) is 12.2. The molecule has 2 aliphatic rings. The molecule has 27 heavy (non-hydrogen) atoms. The molecule has 9 nitrogen and oxygen atoms in total. The van der Waals surface area contributed by atoms with Crippen LogP contribution in [0, 0.1) is 0 Å². The van der Waals surface area contributed by atoms with Gasteiger partial charge in [0.15, 0.2) is 0 Å². The molecule has 5 N–H and O–H groups in total. The number of carbonyl (C=O) groups excluding carboxylic acids is 1. The second kappa shape index (κ2) is 10.1. The fourth-order valence-electron chi connectivity index (χ4n) is 3.71. The van der Waals surface area contributed by atoms with Crippen LogP contribution in [-0.2, 0) is 19.9 Å². The molecular formula is C17H27NO8S. The Hall–Kier alpha value is -1.56. The van der Waals surface area contributed by atoms with Crippen LogP contribution in [0.4, 0.5) is 0 Å². The summed E-state index contributed by atoms with van der Waals surface area (Å²) in [6, 6.07) is 10.5. The number of carbonyl (C=O) groups is 1. The lowest BCUT2D eigenvalue weighted by molar-refractivity contribution is -0.155. The van der Waals surface area contributed by atoms with Gasteiger partial charge in [-0.25, -0.2) is 0 Å². The average molecular weight is 405 g/mol. The lowest BCUT2D eigenvalue weighted by atomic mass is 9.98. The summed E-state index contributed by atoms with van der Waals surface area (Å²) in [6.45, 7) is -0.206. The van der Waals surface area contributed by atoms with Gasteiger partial charge in [-0.2, -0.15) is 8.42 Å². The second-order valence-corrected chi connectivity index (χ2v) is 7.57. The van der Waals surface area contributed by atoms with Crippen LogP contribution in [0.25, 0.3) is 0 Å². The highest BCUT2D eigenvalue weighted by Gasteiger charge is 2.40. The molecule has 0 amide bonds. The van der Waals surface area contributed by atoms with Gasteiger partial charge in [-0.15, -0.1) is 0 Å². The van der Waals surface area contributed by atoms with Gasteiger partial charge in [-0.05, 0) is 38.3 Å². The molecular weight excluding hydrogens is 378 g/mol. The van der Waals surface area contributed by atoms with Crippen LogP contribution in [-0.4, -0.2) is 70.8 Å². The highest BCUT2D eigenvalue weighted by Crippen LogP contribution is 2.36. The van der Waals surface area contributed by atoms with Crippen LogP contribution < -0.4 is 0 Å². The number of rotatable bonds is 4. The normalized spacial score (nSPS) is 25.6. The maximum Gasteiger partial charge on any atom is 0.394 e. The molecule has 10 heteroatoms. The fraction of sp³-hybridized carbons (Fsp3) is 0.588. The summed E-state index contributed by atoms with van der Waals surface area (Å²) in [4.78, 5) is 14.8. The van der Waals surface area contributed by atoms with Crippen molar-refractivity contribution >= 4 is 16.4 Å². The zero-order valence-electron chi connectivity index (χ0n) is 15.1. The Morgan fingerprint density at radius 3 is 2.11 bits per heavy atom. The molecule has 1 unspecified atom stereocenters. The summed E-state index contributed by atoms with van der Waals surface area (Å²) in [5, 5.41) is 9.53. The topological polar surface area (TPSA) is 156 Å². The SMILES string of the molecule is CN1[C@@H]2CC[C@H]1C[C@@H](OC(=O)C(CO)c1ccccc1)C2.O.O=S(=O)(O)O. The predicted octanol–water partition coefficient (Wildman–Crippen LogP) is 0.453. The van der Waals surface area contributed by atoms with Crippen molar-refractivity contribution in [2.45, 2.75) is 49.8 Å². The molecule has 2 bridgehead atoms. The molecule has 2 aliphatic heterocycles. The molecule has 0 spiro atoms. The van der Waals surface area contributed by atoms with Crippen LogP contribution in [0.5, 0.6) is 0 Å². The summed E-state index contributed by atoms with van der Waals surface area (Å²) < 4.78 is 37.3. The van der Waals surface area contributed by atoms with E-state index in [-0.39, 0.29) is 24.2 Å². The van der Waals surface area contributed by atoms with E-state index in [1.807, 2.05) is 30.3 Å². The highest BCUT2D eigenvalue weighted by molar-refractivity contribution is 7.79. The molecule has 3 rings (SSSR count). The monoisotopic (exact) mass is 405 g/mol. The molecule has 0 saturated carbocycles. The van der Waals surface area contributed by atoms with E-state index in [1.54, 1.807) is 0 Å². The standard InChI is InChI=1S/C17H23NO3.H2O4S.H2O/c1-18-13-7-8-14(18)10-15(9-13)21-17(20)16(11-19)12-5-3-2-4-6-12;1-5(2,3)4;/h2-6,13-16,19H,7-11H2,1H3;(H2,1,2,3,4);1H2/t13-,14+,15+,16?;;. The fourth-order valence-corrected chi connectivity index (χ4v) is 3.71. The molecule has 154 valence electrons. The van der Waals surface area contributed by atoms with Crippen LogP contribution in [0.2, 0.25) is 0 Å². The largest absolute Gasteiger partial charge is 0.462 e. The third-order valence-electron chi connectivity index (χ3n) is 5.01. The highest BCUT2D eigenvalue weighted by atomic mass is 32.3. The Bertz CT molecular complexity index is 674. The Balaban J connectivity index is 0.000000542. The van der Waals surface area contributed by atoms with Crippen molar-refractivity contribution in [1.82, 2.24) is 4.90 Å². The van der Waals surface area contributed by atoms with E-state index in [2.05, 4.69) is 11.9 Å². The van der Waals surface area contributed by atoms with Gasteiger partial charge in [0.1, 0.15) is 12.0 Å². The van der Waals surface area contributed by atoms with Gasteiger partial charge in [0.25, 0.3) is 0 Å². The molecule has 0 aliphatic carbocycles. The number of hydrogen-bond donors (Lipinski definition) is 3. The van der Waals surface area contributed by atoms with E-state index in [0.717, 1.165) is 18.4 Å². The first-order valence-corrected chi connectivity index (χ1v) is 9.87. The van der Waals surface area contributed by atoms with E-state index < -0.39 is 16.3 Å². The van der Waals surface area contributed by atoms with Crippen molar-refractivity contribution in [3.05, 3.63) is 35.9 Å². The van der Waals surface area contributed by atoms with Crippen LogP contribution in [0.15, 0.2) is 30.3 Å². The van der Waals surface area contributed by atoms with Crippen molar-refractivity contribution in [3.63, 3.8) is 0 Å². The van der Waals surface area contributed by atoms with Crippen molar-refractivity contribution in [1.29, 1.82) is 0 Å². The number of aliphatic hydroxyl groups excluding tert-OH is 1. The van der Waals surface area contributed by atoms with Gasteiger partial charge in [0.05, 0.1) is 6.61 Å². The maximum absolute atomic E-state index is 12.4. The number of ether oxygens (including phenoxy) is 1. The lowest BCUT2D eigenvalue weighted by Gasteiger charge is -2.36. The maximum atomic E-state index is 12.4. The van der Waals surface area contributed by atoms with Gasteiger partial charge >= 0.3 is 16.4 Å². The van der Waals surface area contributed by atoms with Gasteiger partial charge in [0, 0.05) is 12.1 Å². The Morgan fingerprint density at radius 1 is 1.19 bits per heavy atom. The van der Waals surface area contributed by atoms with Crippen LogP contribution >= 0.6 is 0 Å². The third kappa shape index (κ3) is 7.17. The van der Waals surface area contributed by atoms with Crippen LogP contribution in [0.1, 0.15) is 37.2 Å². The van der Waals surface area contributed by atoms with Gasteiger partial charge in [-0.1, -0.05) is 30.3 Å². The van der Waals surface area contributed by atoms with Gasteiger partial charge in [-0.3, -0.25) is 13.9 Å². The molecule has 2 saturated heterocycles. The first-order valence-electron chi connectivity index (χ1n) is 8.47. The minimum atomic E-state index is -4.67. The molecule has 1 aromatic carbocycles. The number of nitrogens with zero attached hydrogens (tertiary/aromatic N) is 1. The van der Waals surface area contributed by atoms with E-state index in [0.29, 0.717) is 12.1 Å². The minimum absolute atomic E-state index is 0. The van der Waals surface area contributed by atoms with Crippen LogP contribution in [0.3, 0.4) is 0 Å². The molecule has 4 atom stereocenters. The molecule has 1 aromatic rings. The minimum Gasteiger partial charge on any atom is -0.462 e. The third-order valence-corrected chi connectivity index (χ3v) is 5.01.